The maximum atomic E-state index is 12.3. The fourth-order valence-corrected chi connectivity index (χ4v) is 2.38. The molecule has 1 rings (SSSR count). The zero-order chi connectivity index (χ0) is 17.9. The van der Waals surface area contributed by atoms with Gasteiger partial charge >= 0.3 is 6.03 Å². The number of urea groups is 1. The van der Waals surface area contributed by atoms with Crippen molar-refractivity contribution in [2.24, 2.45) is 0 Å². The Bertz CT molecular complexity index is 513. The number of unbranched alkanes of at least 4 members (excludes halogenated alkanes) is 1. The van der Waals surface area contributed by atoms with Crippen molar-refractivity contribution in [2.75, 3.05) is 38.1 Å². The molecular formula is C18H29N3O3. The van der Waals surface area contributed by atoms with Gasteiger partial charge in [-0.25, -0.2) is 4.79 Å². The Morgan fingerprint density at radius 1 is 1.00 bits per heavy atom. The number of amides is 3. The van der Waals surface area contributed by atoms with Gasteiger partial charge in [-0.15, -0.1) is 0 Å². The highest BCUT2D eigenvalue weighted by molar-refractivity contribution is 5.95. The third-order valence-corrected chi connectivity index (χ3v) is 3.87. The van der Waals surface area contributed by atoms with Crippen molar-refractivity contribution >= 4 is 17.6 Å². The highest BCUT2D eigenvalue weighted by Gasteiger charge is 2.14. The lowest BCUT2D eigenvalue weighted by Crippen LogP contribution is -2.37. The largest absolute Gasteiger partial charge is 0.395 e. The number of anilines is 1. The summed E-state index contributed by atoms with van der Waals surface area (Å²) in [5.41, 5.74) is 1.24. The molecule has 24 heavy (non-hydrogen) atoms. The van der Waals surface area contributed by atoms with Gasteiger partial charge in [-0.2, -0.15) is 0 Å². The zero-order valence-electron chi connectivity index (χ0n) is 14.9. The van der Waals surface area contributed by atoms with E-state index in [1.807, 2.05) is 13.8 Å². The predicted molar refractivity (Wildman–Crippen MR) is 96.3 cm³/mol. The van der Waals surface area contributed by atoms with Crippen LogP contribution in [0.15, 0.2) is 24.3 Å². The van der Waals surface area contributed by atoms with Gasteiger partial charge in [0.1, 0.15) is 0 Å². The molecular weight excluding hydrogens is 306 g/mol. The molecule has 6 heteroatoms. The molecule has 2 N–H and O–H groups in total. The van der Waals surface area contributed by atoms with E-state index in [1.165, 1.54) is 0 Å². The first kappa shape index (κ1) is 20.0. The monoisotopic (exact) mass is 335 g/mol. The number of hydrogen-bond donors (Lipinski definition) is 2. The van der Waals surface area contributed by atoms with Crippen molar-refractivity contribution in [1.29, 1.82) is 0 Å². The number of nitrogens with zero attached hydrogens (tertiary/aromatic N) is 2. The van der Waals surface area contributed by atoms with Crippen molar-refractivity contribution in [3.8, 4) is 0 Å². The molecule has 0 unspecified atom stereocenters. The molecule has 0 aromatic heterocycles. The molecule has 0 fully saturated rings. The van der Waals surface area contributed by atoms with Crippen LogP contribution in [0, 0.1) is 0 Å². The second-order valence-corrected chi connectivity index (χ2v) is 5.55. The molecule has 3 amide bonds. The molecule has 0 aliphatic carbocycles. The summed E-state index contributed by atoms with van der Waals surface area (Å²) in [7, 11) is 0. The lowest BCUT2D eigenvalue weighted by Gasteiger charge is -2.22. The fraction of sp³-hybridized carbons (Fsp3) is 0.556. The van der Waals surface area contributed by atoms with Crippen molar-refractivity contribution in [3.05, 3.63) is 29.8 Å². The SMILES string of the molecule is CCCCN(CCO)C(=O)Nc1ccc(C(=O)N(CC)CC)cc1. The van der Waals surface area contributed by atoms with E-state index in [2.05, 4.69) is 12.2 Å². The summed E-state index contributed by atoms with van der Waals surface area (Å²) in [4.78, 5) is 27.9. The van der Waals surface area contributed by atoms with Gasteiger partial charge in [-0.3, -0.25) is 4.79 Å². The predicted octanol–water partition coefficient (Wildman–Crippen LogP) is 2.79. The van der Waals surface area contributed by atoms with Gasteiger partial charge in [0.25, 0.3) is 5.91 Å². The molecule has 1 aromatic carbocycles. The Morgan fingerprint density at radius 2 is 1.62 bits per heavy atom. The van der Waals surface area contributed by atoms with Gasteiger partial charge in [-0.05, 0) is 44.5 Å². The van der Waals surface area contributed by atoms with E-state index < -0.39 is 0 Å². The third-order valence-electron chi connectivity index (χ3n) is 3.87. The average molecular weight is 335 g/mol. The van der Waals surface area contributed by atoms with Crippen molar-refractivity contribution in [3.63, 3.8) is 0 Å². The van der Waals surface area contributed by atoms with E-state index in [0.717, 1.165) is 12.8 Å². The van der Waals surface area contributed by atoms with Gasteiger partial charge in [-0.1, -0.05) is 13.3 Å². The van der Waals surface area contributed by atoms with Crippen LogP contribution in [0.2, 0.25) is 0 Å². The van der Waals surface area contributed by atoms with Crippen molar-refractivity contribution in [2.45, 2.75) is 33.6 Å². The highest BCUT2D eigenvalue weighted by atomic mass is 16.3. The quantitative estimate of drug-likeness (QED) is 0.729. The Kier molecular flexibility index (Phi) is 8.86. The Balaban J connectivity index is 2.71. The van der Waals surface area contributed by atoms with Gasteiger partial charge in [0.05, 0.1) is 6.61 Å². The molecule has 0 atom stereocenters. The molecule has 0 heterocycles. The number of aliphatic hydroxyl groups is 1. The summed E-state index contributed by atoms with van der Waals surface area (Å²) >= 11 is 0. The molecule has 6 nitrogen and oxygen atoms in total. The van der Waals surface area contributed by atoms with Crippen LogP contribution in [0.5, 0.6) is 0 Å². The summed E-state index contributed by atoms with van der Waals surface area (Å²) in [6, 6.07) is 6.66. The van der Waals surface area contributed by atoms with Crippen molar-refractivity contribution in [1.82, 2.24) is 9.80 Å². The molecule has 1 aromatic rings. The first-order valence-corrected chi connectivity index (χ1v) is 8.63. The lowest BCUT2D eigenvalue weighted by molar-refractivity contribution is 0.0773. The summed E-state index contributed by atoms with van der Waals surface area (Å²) in [5.74, 6) is -0.0114. The maximum Gasteiger partial charge on any atom is 0.321 e. The van der Waals surface area contributed by atoms with E-state index >= 15 is 0 Å². The summed E-state index contributed by atoms with van der Waals surface area (Å²) in [6.45, 7) is 8.15. The number of aliphatic hydroxyl groups excluding tert-OH is 1. The third kappa shape index (κ3) is 5.85. The molecule has 0 saturated carbocycles. The minimum Gasteiger partial charge on any atom is -0.395 e. The summed E-state index contributed by atoms with van der Waals surface area (Å²) in [6.07, 6.45) is 1.88. The van der Waals surface area contributed by atoms with Gasteiger partial charge in [0.15, 0.2) is 0 Å². The minimum atomic E-state index is -0.236. The normalized spacial score (nSPS) is 10.3. The van der Waals surface area contributed by atoms with Crippen LogP contribution in [0.3, 0.4) is 0 Å². The van der Waals surface area contributed by atoms with Crippen LogP contribution in [-0.2, 0) is 0 Å². The minimum absolute atomic E-state index is 0.0114. The van der Waals surface area contributed by atoms with E-state index in [1.54, 1.807) is 34.1 Å². The van der Waals surface area contributed by atoms with Crippen LogP contribution in [0.25, 0.3) is 0 Å². The second kappa shape index (κ2) is 10.6. The van der Waals surface area contributed by atoms with Crippen LogP contribution >= 0.6 is 0 Å². The maximum absolute atomic E-state index is 12.3. The highest BCUT2D eigenvalue weighted by Crippen LogP contribution is 2.12. The van der Waals surface area contributed by atoms with Crippen LogP contribution in [-0.4, -0.2) is 59.6 Å². The van der Waals surface area contributed by atoms with Crippen LogP contribution < -0.4 is 5.32 Å². The average Bonchev–Trinajstić information content (AvgIpc) is 2.60. The van der Waals surface area contributed by atoms with Gasteiger partial charge in [0.2, 0.25) is 0 Å². The molecule has 0 spiro atoms. The number of carbonyl (C=O) groups excluding carboxylic acids is 2. The van der Waals surface area contributed by atoms with E-state index in [4.69, 9.17) is 5.11 Å². The molecule has 0 radical (unpaired) electrons. The topological polar surface area (TPSA) is 72.9 Å². The number of carbonyl (C=O) groups is 2. The Hall–Kier alpha value is -2.08. The van der Waals surface area contributed by atoms with Crippen molar-refractivity contribution < 1.29 is 14.7 Å². The zero-order valence-corrected chi connectivity index (χ0v) is 14.9. The Labute approximate surface area is 144 Å². The first-order chi connectivity index (χ1) is 11.6. The molecule has 0 saturated heterocycles. The smallest absolute Gasteiger partial charge is 0.321 e. The molecule has 0 aliphatic heterocycles. The van der Waals surface area contributed by atoms with Crippen LogP contribution in [0.4, 0.5) is 10.5 Å². The van der Waals surface area contributed by atoms with Gasteiger partial charge in [0, 0.05) is 37.4 Å². The van der Waals surface area contributed by atoms with E-state index in [9.17, 15) is 9.59 Å². The second-order valence-electron chi connectivity index (χ2n) is 5.55. The molecule has 0 aliphatic rings. The first-order valence-electron chi connectivity index (χ1n) is 8.63. The number of rotatable bonds is 9. The molecule has 0 bridgehead atoms. The molecule has 134 valence electrons. The fourth-order valence-electron chi connectivity index (χ4n) is 2.38. The summed E-state index contributed by atoms with van der Waals surface area (Å²) < 4.78 is 0. The van der Waals surface area contributed by atoms with E-state index in [-0.39, 0.29) is 18.5 Å². The lowest BCUT2D eigenvalue weighted by atomic mass is 10.2. The summed E-state index contributed by atoms with van der Waals surface area (Å²) in [5, 5.41) is 11.9. The van der Waals surface area contributed by atoms with E-state index in [0.29, 0.717) is 37.4 Å². The number of benzene rings is 1. The number of hydrogen-bond acceptors (Lipinski definition) is 3. The van der Waals surface area contributed by atoms with Gasteiger partial charge < -0.3 is 20.2 Å². The number of nitrogens with one attached hydrogen (secondary N) is 1. The van der Waals surface area contributed by atoms with Crippen LogP contribution in [0.1, 0.15) is 44.0 Å². The Morgan fingerprint density at radius 3 is 2.12 bits per heavy atom. The standard InChI is InChI=1S/C18H29N3O3/c1-4-7-12-21(13-14-22)18(24)19-16-10-8-15(9-11-16)17(23)20(5-2)6-3/h8-11,22H,4-7,12-14H2,1-3H3,(H,19,24).